The molecule has 1 amide bonds. The minimum atomic E-state index is -1.62. The monoisotopic (exact) mass is 362 g/mol. The molecule has 1 aliphatic rings. The van der Waals surface area contributed by atoms with Gasteiger partial charge in [0.1, 0.15) is 0 Å². The van der Waals surface area contributed by atoms with Crippen LogP contribution in [0.3, 0.4) is 0 Å². The highest BCUT2D eigenvalue weighted by molar-refractivity contribution is 5.90. The van der Waals surface area contributed by atoms with E-state index in [2.05, 4.69) is 26.9 Å². The van der Waals surface area contributed by atoms with Gasteiger partial charge in [-0.25, -0.2) is 9.67 Å². The lowest BCUT2D eigenvalue weighted by molar-refractivity contribution is -0.137. The van der Waals surface area contributed by atoms with Gasteiger partial charge in [-0.15, -0.1) is 0 Å². The molecule has 3 heterocycles. The van der Waals surface area contributed by atoms with E-state index in [9.17, 15) is 9.90 Å². The summed E-state index contributed by atoms with van der Waals surface area (Å²) >= 11 is 0. The Morgan fingerprint density at radius 1 is 1.33 bits per heavy atom. The molecule has 136 valence electrons. The van der Waals surface area contributed by atoms with Crippen LogP contribution >= 0.6 is 0 Å². The molecule has 27 heavy (non-hydrogen) atoms. The van der Waals surface area contributed by atoms with E-state index in [1.165, 1.54) is 4.90 Å². The first kappa shape index (κ1) is 17.0. The highest BCUT2D eigenvalue weighted by atomic mass is 16.3. The normalized spacial score (nSPS) is 19.4. The number of nitrogens with two attached hydrogens (primary N) is 1. The third-order valence-corrected chi connectivity index (χ3v) is 4.67. The number of nitrogens with zero attached hydrogens (tertiary/aromatic N) is 5. The van der Waals surface area contributed by atoms with Gasteiger partial charge in [0.15, 0.2) is 5.82 Å². The Kier molecular flexibility index (Phi) is 3.82. The van der Waals surface area contributed by atoms with Gasteiger partial charge >= 0.3 is 0 Å². The number of likely N-dealkylation sites (N-methyl/N-ethyl adjacent to an activating group) is 1. The van der Waals surface area contributed by atoms with E-state index in [0.717, 1.165) is 16.6 Å². The van der Waals surface area contributed by atoms with Crippen LogP contribution in [0.5, 0.6) is 0 Å². The molecule has 4 rings (SSSR count). The van der Waals surface area contributed by atoms with E-state index in [-0.39, 0.29) is 11.9 Å². The number of rotatable bonds is 1. The summed E-state index contributed by atoms with van der Waals surface area (Å²) in [6.45, 7) is 2.40. The fourth-order valence-corrected chi connectivity index (χ4v) is 3.15. The van der Waals surface area contributed by atoms with Crippen LogP contribution in [0.15, 0.2) is 30.5 Å². The highest BCUT2D eigenvalue weighted by Gasteiger charge is 2.42. The Morgan fingerprint density at radius 2 is 2.15 bits per heavy atom. The number of aromatic nitrogens is 4. The lowest BCUT2D eigenvalue weighted by Crippen LogP contribution is -2.37. The number of hydrogen-bond acceptors (Lipinski definition) is 6. The molecule has 0 spiro atoms. The molecule has 0 saturated carbocycles. The summed E-state index contributed by atoms with van der Waals surface area (Å²) in [5.74, 6) is 6.01. The number of amides is 1. The van der Waals surface area contributed by atoms with E-state index >= 15 is 0 Å². The molecule has 1 atom stereocenters. The van der Waals surface area contributed by atoms with E-state index < -0.39 is 5.60 Å². The fourth-order valence-electron chi connectivity index (χ4n) is 3.15. The molecule has 0 bridgehead atoms. The zero-order valence-electron chi connectivity index (χ0n) is 15.0. The SMILES string of the molecule is Cc1nn(-c2ccnc(N)n2)c2cc(C#CC3(O)CCN(C)C3=O)ccc12. The van der Waals surface area contributed by atoms with E-state index in [0.29, 0.717) is 24.3 Å². The number of aryl methyl sites for hydroxylation is 1. The minimum Gasteiger partial charge on any atom is -0.369 e. The van der Waals surface area contributed by atoms with Crippen LogP contribution in [0.1, 0.15) is 17.7 Å². The van der Waals surface area contributed by atoms with Crippen molar-refractivity contribution in [2.75, 3.05) is 19.3 Å². The van der Waals surface area contributed by atoms with Crippen molar-refractivity contribution in [1.29, 1.82) is 0 Å². The van der Waals surface area contributed by atoms with Crippen LogP contribution in [-0.4, -0.2) is 54.9 Å². The molecule has 8 heteroatoms. The van der Waals surface area contributed by atoms with Crippen LogP contribution in [-0.2, 0) is 4.79 Å². The summed E-state index contributed by atoms with van der Waals surface area (Å²) < 4.78 is 1.68. The van der Waals surface area contributed by atoms with Gasteiger partial charge in [0.2, 0.25) is 11.5 Å². The molecule has 0 aliphatic carbocycles. The molecule has 3 N–H and O–H groups in total. The van der Waals surface area contributed by atoms with E-state index in [1.807, 2.05) is 25.1 Å². The Bertz CT molecular complexity index is 1130. The molecule has 1 unspecified atom stereocenters. The summed E-state index contributed by atoms with van der Waals surface area (Å²) in [7, 11) is 1.66. The molecular weight excluding hydrogens is 344 g/mol. The summed E-state index contributed by atoms with van der Waals surface area (Å²) in [6.07, 6.45) is 1.87. The van der Waals surface area contributed by atoms with E-state index in [4.69, 9.17) is 5.73 Å². The average molecular weight is 362 g/mol. The Hall–Kier alpha value is -3.44. The van der Waals surface area contributed by atoms with Gasteiger partial charge in [-0.05, 0) is 25.1 Å². The number of hydrogen-bond donors (Lipinski definition) is 2. The second-order valence-electron chi connectivity index (χ2n) is 6.59. The minimum absolute atomic E-state index is 0.163. The third kappa shape index (κ3) is 2.88. The molecular formula is C19H18N6O2. The van der Waals surface area contributed by atoms with Gasteiger partial charge in [-0.1, -0.05) is 11.8 Å². The maximum atomic E-state index is 12.1. The molecule has 1 aliphatic heterocycles. The zero-order valence-corrected chi connectivity index (χ0v) is 15.0. The van der Waals surface area contributed by atoms with E-state index in [1.54, 1.807) is 24.0 Å². The Morgan fingerprint density at radius 3 is 2.85 bits per heavy atom. The second kappa shape index (κ2) is 6.07. The maximum Gasteiger partial charge on any atom is 0.267 e. The third-order valence-electron chi connectivity index (χ3n) is 4.67. The number of nitrogen functional groups attached to an aromatic ring is 1. The quantitative estimate of drug-likeness (QED) is 0.615. The molecule has 3 aromatic rings. The summed E-state index contributed by atoms with van der Waals surface area (Å²) in [4.78, 5) is 21.7. The molecule has 1 aromatic carbocycles. The molecule has 8 nitrogen and oxygen atoms in total. The van der Waals surface area contributed by atoms with Crippen molar-refractivity contribution < 1.29 is 9.90 Å². The standard InChI is InChI=1S/C19H18N6O2/c1-12-14-4-3-13(5-7-19(27)8-10-24(2)17(19)26)11-15(14)25(23-12)16-6-9-21-18(20)22-16/h3-4,6,9,11,27H,8,10H2,1-2H3,(H2,20,21,22). The van der Waals surface area contributed by atoms with Crippen molar-refractivity contribution in [3.63, 3.8) is 0 Å². The van der Waals surface area contributed by atoms with Crippen LogP contribution in [0.4, 0.5) is 5.95 Å². The first-order valence-corrected chi connectivity index (χ1v) is 8.47. The van der Waals surface area contributed by atoms with Crippen molar-refractivity contribution in [2.24, 2.45) is 0 Å². The van der Waals surface area contributed by atoms with Crippen molar-refractivity contribution in [2.45, 2.75) is 18.9 Å². The number of carbonyl (C=O) groups excluding carboxylic acids is 1. The van der Waals surface area contributed by atoms with Crippen LogP contribution in [0.2, 0.25) is 0 Å². The van der Waals surface area contributed by atoms with Crippen molar-refractivity contribution in [3.05, 3.63) is 41.7 Å². The number of benzene rings is 1. The zero-order chi connectivity index (χ0) is 19.2. The first-order chi connectivity index (χ1) is 12.9. The number of aliphatic hydroxyl groups is 1. The topological polar surface area (TPSA) is 110 Å². The average Bonchev–Trinajstić information content (AvgIpc) is 3.12. The van der Waals surface area contributed by atoms with Crippen LogP contribution in [0, 0.1) is 18.8 Å². The smallest absolute Gasteiger partial charge is 0.267 e. The lowest BCUT2D eigenvalue weighted by atomic mass is 10.0. The molecule has 1 saturated heterocycles. The van der Waals surface area contributed by atoms with Gasteiger partial charge in [0.05, 0.1) is 11.2 Å². The van der Waals surface area contributed by atoms with Crippen molar-refractivity contribution in [1.82, 2.24) is 24.6 Å². The van der Waals surface area contributed by atoms with Gasteiger partial charge in [0.25, 0.3) is 5.91 Å². The Labute approximate surface area is 155 Å². The number of fused-ring (bicyclic) bond motifs is 1. The first-order valence-electron chi connectivity index (χ1n) is 8.47. The number of carbonyl (C=O) groups is 1. The Balaban J connectivity index is 1.78. The van der Waals surface area contributed by atoms with Crippen molar-refractivity contribution in [3.8, 4) is 17.7 Å². The number of likely N-dealkylation sites (tertiary alicyclic amines) is 1. The van der Waals surface area contributed by atoms with Crippen molar-refractivity contribution >= 4 is 22.8 Å². The highest BCUT2D eigenvalue weighted by Crippen LogP contribution is 2.24. The summed E-state index contributed by atoms with van der Waals surface area (Å²) in [5.41, 5.74) is 6.37. The molecule has 1 fully saturated rings. The predicted octanol–water partition coefficient (Wildman–Crippen LogP) is 0.651. The van der Waals surface area contributed by atoms with Gasteiger partial charge in [-0.2, -0.15) is 10.1 Å². The number of anilines is 1. The summed E-state index contributed by atoms with van der Waals surface area (Å²) in [5, 5.41) is 15.9. The van der Waals surface area contributed by atoms with Crippen LogP contribution < -0.4 is 5.73 Å². The fraction of sp³-hybridized carbons (Fsp3) is 0.263. The van der Waals surface area contributed by atoms with Crippen LogP contribution in [0.25, 0.3) is 16.7 Å². The maximum absolute atomic E-state index is 12.1. The predicted molar refractivity (Wildman–Crippen MR) is 99.9 cm³/mol. The summed E-state index contributed by atoms with van der Waals surface area (Å²) in [6, 6.07) is 7.33. The molecule has 2 aromatic heterocycles. The second-order valence-corrected chi connectivity index (χ2v) is 6.59. The van der Waals surface area contributed by atoms with Gasteiger partial charge < -0.3 is 15.7 Å². The van der Waals surface area contributed by atoms with Gasteiger partial charge in [-0.3, -0.25) is 4.79 Å². The lowest BCUT2D eigenvalue weighted by Gasteiger charge is -2.13. The van der Waals surface area contributed by atoms with Gasteiger partial charge in [0, 0.05) is 43.2 Å². The largest absolute Gasteiger partial charge is 0.369 e. The molecule has 0 radical (unpaired) electrons.